The summed E-state index contributed by atoms with van der Waals surface area (Å²) in [5.41, 5.74) is 1.85. The average Bonchev–Trinajstić information content (AvgIpc) is 3.34. The molecule has 1 aromatic heterocycles. The van der Waals surface area contributed by atoms with E-state index in [1.165, 1.54) is 4.88 Å². The molecule has 2 amide bonds. The molecule has 4 rings (SSSR count). The third-order valence-corrected chi connectivity index (χ3v) is 6.58. The van der Waals surface area contributed by atoms with E-state index in [-0.39, 0.29) is 24.5 Å². The van der Waals surface area contributed by atoms with E-state index in [4.69, 9.17) is 9.47 Å². The highest BCUT2D eigenvalue weighted by molar-refractivity contribution is 7.14. The number of amides is 2. The summed E-state index contributed by atoms with van der Waals surface area (Å²) in [7, 11) is 0. The molecular formula is C21H24N2O4S. The number of ether oxygens (including phenoxy) is 2. The van der Waals surface area contributed by atoms with Crippen molar-refractivity contribution in [1.82, 2.24) is 4.90 Å². The summed E-state index contributed by atoms with van der Waals surface area (Å²) in [5, 5.41) is 2.99. The number of fused-ring (bicyclic) bond motifs is 2. The molecule has 1 aromatic carbocycles. The molecule has 6 nitrogen and oxygen atoms in total. The van der Waals surface area contributed by atoms with Crippen LogP contribution in [0.25, 0.3) is 0 Å². The molecule has 2 heterocycles. The molecule has 2 aliphatic rings. The zero-order valence-corrected chi connectivity index (χ0v) is 16.9. The lowest BCUT2D eigenvalue weighted by Crippen LogP contribution is -2.29. The van der Waals surface area contributed by atoms with Crippen molar-refractivity contribution in [2.24, 2.45) is 5.92 Å². The van der Waals surface area contributed by atoms with Crippen molar-refractivity contribution in [3.8, 4) is 11.5 Å². The maximum Gasteiger partial charge on any atom is 0.263 e. The molecule has 1 N–H and O–H groups in total. The molecular weight excluding hydrogens is 376 g/mol. The third kappa shape index (κ3) is 3.58. The maximum atomic E-state index is 12.8. The molecule has 0 fully saturated rings. The summed E-state index contributed by atoms with van der Waals surface area (Å²) < 4.78 is 10.7. The fourth-order valence-corrected chi connectivity index (χ4v) is 4.91. The monoisotopic (exact) mass is 400 g/mol. The quantitative estimate of drug-likeness (QED) is 0.831. The van der Waals surface area contributed by atoms with E-state index in [1.807, 2.05) is 30.9 Å². The van der Waals surface area contributed by atoms with E-state index < -0.39 is 0 Å². The number of rotatable bonds is 5. The van der Waals surface area contributed by atoms with Crippen molar-refractivity contribution in [2.75, 3.05) is 25.2 Å². The van der Waals surface area contributed by atoms with Crippen LogP contribution in [0.5, 0.6) is 11.5 Å². The number of thiophene rings is 1. The number of aryl methyl sites for hydroxylation is 1. The van der Waals surface area contributed by atoms with Gasteiger partial charge in [-0.25, -0.2) is 0 Å². The minimum absolute atomic E-state index is 0.00679. The van der Waals surface area contributed by atoms with Crippen LogP contribution < -0.4 is 14.8 Å². The molecule has 7 heteroatoms. The van der Waals surface area contributed by atoms with Gasteiger partial charge in [0.25, 0.3) is 5.91 Å². The van der Waals surface area contributed by atoms with Gasteiger partial charge < -0.3 is 19.7 Å². The van der Waals surface area contributed by atoms with Crippen LogP contribution in [0.2, 0.25) is 0 Å². The van der Waals surface area contributed by atoms with Crippen LogP contribution in [0.1, 0.15) is 40.4 Å². The zero-order valence-electron chi connectivity index (χ0n) is 16.1. The molecule has 1 aliphatic heterocycles. The van der Waals surface area contributed by atoms with Gasteiger partial charge in [0.2, 0.25) is 12.7 Å². The summed E-state index contributed by atoms with van der Waals surface area (Å²) in [4.78, 5) is 29.2. The smallest absolute Gasteiger partial charge is 0.263 e. The lowest BCUT2D eigenvalue weighted by molar-refractivity contribution is -0.120. The standard InChI is InChI=1S/C21H24N2O4S/c1-3-23(4-2)21(25)19-10-14-9-13(5-8-18(14)28-19)20(24)22-15-6-7-16-17(11-15)27-12-26-16/h6-7,10-11,13H,3-5,8-9,12H2,1-2H3,(H,22,24)/t13-/m1/s1. The van der Waals surface area contributed by atoms with Crippen LogP contribution in [0.4, 0.5) is 5.69 Å². The number of carbonyl (C=O) groups is 2. The van der Waals surface area contributed by atoms with Gasteiger partial charge in [-0.3, -0.25) is 9.59 Å². The Labute approximate surface area is 168 Å². The molecule has 1 aliphatic carbocycles. The minimum Gasteiger partial charge on any atom is -0.454 e. The Morgan fingerprint density at radius 3 is 2.75 bits per heavy atom. The Morgan fingerprint density at radius 1 is 1.18 bits per heavy atom. The highest BCUT2D eigenvalue weighted by Gasteiger charge is 2.28. The minimum atomic E-state index is -0.0936. The predicted molar refractivity (Wildman–Crippen MR) is 108 cm³/mol. The number of hydrogen-bond acceptors (Lipinski definition) is 5. The number of carbonyl (C=O) groups excluding carboxylic acids is 2. The average molecular weight is 401 g/mol. The Balaban J connectivity index is 1.43. The van der Waals surface area contributed by atoms with Crippen molar-refractivity contribution >= 4 is 28.8 Å². The van der Waals surface area contributed by atoms with Crippen molar-refractivity contribution in [1.29, 1.82) is 0 Å². The Morgan fingerprint density at radius 2 is 1.96 bits per heavy atom. The molecule has 0 unspecified atom stereocenters. The molecule has 2 aromatic rings. The van der Waals surface area contributed by atoms with Crippen molar-refractivity contribution in [2.45, 2.75) is 33.1 Å². The van der Waals surface area contributed by atoms with Crippen molar-refractivity contribution in [3.05, 3.63) is 39.6 Å². The number of nitrogens with one attached hydrogen (secondary N) is 1. The summed E-state index contributed by atoms with van der Waals surface area (Å²) >= 11 is 1.58. The highest BCUT2D eigenvalue weighted by Crippen LogP contribution is 2.36. The molecule has 0 bridgehead atoms. The highest BCUT2D eigenvalue weighted by atomic mass is 32.1. The zero-order chi connectivity index (χ0) is 19.7. The first-order valence-electron chi connectivity index (χ1n) is 9.70. The first kappa shape index (κ1) is 18.8. The second-order valence-electron chi connectivity index (χ2n) is 7.03. The van der Waals surface area contributed by atoms with Gasteiger partial charge in [-0.05, 0) is 56.9 Å². The Kier molecular flexibility index (Phi) is 5.26. The summed E-state index contributed by atoms with van der Waals surface area (Å²) in [6.07, 6.45) is 2.31. The summed E-state index contributed by atoms with van der Waals surface area (Å²) in [6, 6.07) is 7.41. The van der Waals surface area contributed by atoms with Crippen LogP contribution >= 0.6 is 11.3 Å². The predicted octanol–water partition coefficient (Wildman–Crippen LogP) is 3.70. The fourth-order valence-electron chi connectivity index (χ4n) is 3.74. The number of nitrogens with zero attached hydrogens (tertiary/aromatic N) is 1. The van der Waals surface area contributed by atoms with Gasteiger partial charge in [0.15, 0.2) is 11.5 Å². The van der Waals surface area contributed by atoms with Crippen molar-refractivity contribution < 1.29 is 19.1 Å². The van der Waals surface area contributed by atoms with Crippen molar-refractivity contribution in [3.63, 3.8) is 0 Å². The number of anilines is 1. The van der Waals surface area contributed by atoms with Gasteiger partial charge in [0.05, 0.1) is 4.88 Å². The van der Waals surface area contributed by atoms with E-state index in [1.54, 1.807) is 23.5 Å². The SMILES string of the molecule is CCN(CC)C(=O)c1cc2c(s1)CC[C@@H](C(=O)Nc1ccc3c(c1)OCO3)C2. The molecule has 1 atom stereocenters. The van der Waals surface area contributed by atoms with Gasteiger partial charge >= 0.3 is 0 Å². The normalized spacial score (nSPS) is 17.1. The third-order valence-electron chi connectivity index (χ3n) is 5.36. The van der Waals surface area contributed by atoms with Crippen LogP contribution in [-0.4, -0.2) is 36.6 Å². The van der Waals surface area contributed by atoms with Gasteiger partial charge in [0.1, 0.15) is 0 Å². The van der Waals surface area contributed by atoms with Crippen LogP contribution in [0.3, 0.4) is 0 Å². The molecule has 28 heavy (non-hydrogen) atoms. The van der Waals surface area contributed by atoms with Crippen LogP contribution in [0.15, 0.2) is 24.3 Å². The van der Waals surface area contributed by atoms with Crippen LogP contribution in [0, 0.1) is 5.92 Å². The first-order valence-corrected chi connectivity index (χ1v) is 10.5. The summed E-state index contributed by atoms with van der Waals surface area (Å²) in [5.74, 6) is 1.35. The van der Waals surface area contributed by atoms with E-state index >= 15 is 0 Å². The lowest BCUT2D eigenvalue weighted by atomic mass is 9.87. The molecule has 148 valence electrons. The Bertz CT molecular complexity index is 904. The molecule has 0 saturated heterocycles. The Hall–Kier alpha value is -2.54. The molecule has 0 radical (unpaired) electrons. The number of hydrogen-bond donors (Lipinski definition) is 1. The number of benzene rings is 1. The second-order valence-corrected chi connectivity index (χ2v) is 8.17. The molecule has 0 saturated carbocycles. The summed E-state index contributed by atoms with van der Waals surface area (Å²) in [6.45, 7) is 5.61. The van der Waals surface area contributed by atoms with E-state index in [9.17, 15) is 9.59 Å². The first-order chi connectivity index (χ1) is 13.6. The van der Waals surface area contributed by atoms with E-state index in [0.717, 1.165) is 23.3 Å². The van der Waals surface area contributed by atoms with Gasteiger partial charge in [0, 0.05) is 35.6 Å². The van der Waals surface area contributed by atoms with E-state index in [2.05, 4.69) is 5.32 Å². The van der Waals surface area contributed by atoms with Gasteiger partial charge in [-0.1, -0.05) is 0 Å². The molecule has 0 spiro atoms. The van der Waals surface area contributed by atoms with E-state index in [0.29, 0.717) is 36.7 Å². The van der Waals surface area contributed by atoms with Gasteiger partial charge in [-0.15, -0.1) is 11.3 Å². The maximum absolute atomic E-state index is 12.8. The largest absolute Gasteiger partial charge is 0.454 e. The second kappa shape index (κ2) is 7.83. The lowest BCUT2D eigenvalue weighted by Gasteiger charge is -2.21. The fraction of sp³-hybridized carbons (Fsp3) is 0.429. The van der Waals surface area contributed by atoms with Gasteiger partial charge in [-0.2, -0.15) is 0 Å². The topological polar surface area (TPSA) is 67.9 Å². The van der Waals surface area contributed by atoms with Crippen LogP contribution in [-0.2, 0) is 17.6 Å².